The number of carboxylic acids is 1. The summed E-state index contributed by atoms with van der Waals surface area (Å²) in [6, 6.07) is 6.16. The molecule has 0 radical (unpaired) electrons. The summed E-state index contributed by atoms with van der Waals surface area (Å²) in [4.78, 5) is 28.3. The number of aromatic nitrogens is 1. The molecule has 6 heteroatoms. The van der Waals surface area contributed by atoms with Crippen LogP contribution in [0.2, 0.25) is 0 Å². The van der Waals surface area contributed by atoms with E-state index in [-0.39, 0.29) is 5.91 Å². The summed E-state index contributed by atoms with van der Waals surface area (Å²) in [5, 5.41) is 16.5. The third kappa shape index (κ3) is 3.90. The highest BCUT2D eigenvalue weighted by atomic mass is 32.1. The number of amides is 1. The Morgan fingerprint density at radius 1 is 1.20 bits per heavy atom. The van der Waals surface area contributed by atoms with Crippen molar-refractivity contribution in [3.05, 3.63) is 34.7 Å². The lowest BCUT2D eigenvalue weighted by Gasteiger charge is -2.30. The van der Waals surface area contributed by atoms with E-state index in [0.29, 0.717) is 18.0 Å². The summed E-state index contributed by atoms with van der Waals surface area (Å²) in [6.07, 6.45) is 2.79. The highest BCUT2D eigenvalue weighted by Gasteiger charge is 2.32. The Bertz CT molecular complexity index is 800. The van der Waals surface area contributed by atoms with Crippen molar-refractivity contribution in [1.29, 1.82) is 0 Å². The number of anilines is 1. The van der Waals surface area contributed by atoms with Crippen LogP contribution in [0.4, 0.5) is 5.13 Å². The number of benzene rings is 1. The van der Waals surface area contributed by atoms with Crippen molar-refractivity contribution in [3.63, 3.8) is 0 Å². The fraction of sp³-hybridized carbons (Fsp3) is 0.421. The van der Waals surface area contributed by atoms with Crippen LogP contribution in [0.15, 0.2) is 23.6 Å². The zero-order valence-corrected chi connectivity index (χ0v) is 15.2. The summed E-state index contributed by atoms with van der Waals surface area (Å²) < 4.78 is 0. The summed E-state index contributed by atoms with van der Waals surface area (Å²) in [7, 11) is 0. The molecule has 1 heterocycles. The summed E-state index contributed by atoms with van der Waals surface area (Å²) in [5.74, 6) is -2.63. The predicted octanol–water partition coefficient (Wildman–Crippen LogP) is 2.92. The maximum Gasteiger partial charge on any atom is 0.229 e. The first-order chi connectivity index (χ1) is 12.0. The molecule has 2 aromatic rings. The van der Waals surface area contributed by atoms with Crippen LogP contribution in [0.5, 0.6) is 0 Å². The van der Waals surface area contributed by atoms with E-state index in [1.54, 1.807) is 0 Å². The lowest BCUT2D eigenvalue weighted by molar-refractivity contribution is -0.313. The van der Waals surface area contributed by atoms with Gasteiger partial charge in [-0.1, -0.05) is 36.6 Å². The molecule has 1 amide bonds. The normalized spacial score (nSPS) is 20.2. The number of thiazole rings is 1. The highest BCUT2D eigenvalue weighted by molar-refractivity contribution is 7.14. The van der Waals surface area contributed by atoms with Crippen LogP contribution < -0.4 is 10.4 Å². The Morgan fingerprint density at radius 2 is 1.92 bits per heavy atom. The van der Waals surface area contributed by atoms with Crippen LogP contribution >= 0.6 is 11.3 Å². The average molecular weight is 357 g/mol. The Morgan fingerprint density at radius 3 is 2.60 bits per heavy atom. The number of aliphatic carboxylic acids is 1. The van der Waals surface area contributed by atoms with Crippen molar-refractivity contribution in [2.75, 3.05) is 5.32 Å². The number of hydrogen-bond acceptors (Lipinski definition) is 5. The molecular formula is C19H21N2O3S-. The van der Waals surface area contributed by atoms with E-state index < -0.39 is 17.8 Å². The molecule has 5 nitrogen and oxygen atoms in total. The van der Waals surface area contributed by atoms with Gasteiger partial charge in [-0.15, -0.1) is 11.3 Å². The number of nitrogens with one attached hydrogen (secondary N) is 1. The topological polar surface area (TPSA) is 82.1 Å². The predicted molar refractivity (Wildman–Crippen MR) is 96.1 cm³/mol. The molecule has 0 saturated heterocycles. The Hall–Kier alpha value is -2.21. The van der Waals surface area contributed by atoms with Crippen molar-refractivity contribution >= 4 is 28.3 Å². The maximum absolute atomic E-state index is 12.5. The molecule has 1 aromatic carbocycles. The first-order valence-corrected chi connectivity index (χ1v) is 9.38. The van der Waals surface area contributed by atoms with E-state index >= 15 is 0 Å². The van der Waals surface area contributed by atoms with E-state index in [0.717, 1.165) is 29.7 Å². The summed E-state index contributed by atoms with van der Waals surface area (Å²) >= 11 is 1.35. The molecule has 1 aromatic heterocycles. The second kappa shape index (κ2) is 7.35. The highest BCUT2D eigenvalue weighted by Crippen LogP contribution is 2.32. The largest absolute Gasteiger partial charge is 0.550 e. The standard InChI is InChI=1S/C19H22N2O3S/c1-11-7-8-13(12(2)9-11)16-10-25-19(20-16)21-17(22)14-5-3-4-6-15(14)18(23)24/h7-10,14-15H,3-6H2,1-2H3,(H,23,24)(H,20,21,22)/p-1/t14-,15+/m1/s1. The first kappa shape index (κ1) is 17.6. The van der Waals surface area contributed by atoms with Crippen molar-refractivity contribution < 1.29 is 14.7 Å². The monoisotopic (exact) mass is 357 g/mol. The number of carbonyl (C=O) groups is 2. The minimum Gasteiger partial charge on any atom is -0.550 e. The van der Waals surface area contributed by atoms with Gasteiger partial charge < -0.3 is 15.2 Å². The summed E-state index contributed by atoms with van der Waals surface area (Å²) in [5.41, 5.74) is 4.17. The van der Waals surface area contributed by atoms with E-state index in [2.05, 4.69) is 16.4 Å². The number of rotatable bonds is 4. The van der Waals surface area contributed by atoms with E-state index in [4.69, 9.17) is 0 Å². The molecule has 0 aliphatic heterocycles. The molecule has 132 valence electrons. The van der Waals surface area contributed by atoms with Crippen molar-refractivity contribution in [3.8, 4) is 11.3 Å². The van der Waals surface area contributed by atoms with Gasteiger partial charge in [0.15, 0.2) is 5.13 Å². The van der Waals surface area contributed by atoms with Gasteiger partial charge in [-0.05, 0) is 32.3 Å². The third-order valence-electron chi connectivity index (χ3n) is 4.80. The number of aryl methyl sites for hydroxylation is 2. The van der Waals surface area contributed by atoms with Crippen molar-refractivity contribution in [2.45, 2.75) is 39.5 Å². The van der Waals surface area contributed by atoms with Crippen LogP contribution in [0.3, 0.4) is 0 Å². The minimum absolute atomic E-state index is 0.268. The lowest BCUT2D eigenvalue weighted by Crippen LogP contribution is -2.42. The summed E-state index contributed by atoms with van der Waals surface area (Å²) in [6.45, 7) is 4.08. The van der Waals surface area contributed by atoms with Crippen molar-refractivity contribution in [2.24, 2.45) is 11.8 Å². The van der Waals surface area contributed by atoms with Gasteiger partial charge in [0.25, 0.3) is 0 Å². The molecule has 1 fully saturated rings. The van der Waals surface area contributed by atoms with Crippen LogP contribution in [0, 0.1) is 25.7 Å². The van der Waals surface area contributed by atoms with Gasteiger partial charge in [-0.3, -0.25) is 4.79 Å². The molecule has 1 N–H and O–H groups in total. The Labute approximate surface area is 151 Å². The molecule has 3 rings (SSSR count). The van der Waals surface area contributed by atoms with E-state index in [1.807, 2.05) is 31.4 Å². The SMILES string of the molecule is Cc1ccc(-c2csc(NC(=O)[C@@H]3CCCC[C@@H]3C(=O)[O-])n2)c(C)c1. The molecule has 1 aliphatic rings. The molecule has 0 bridgehead atoms. The van der Waals surface area contributed by atoms with Gasteiger partial charge in [0.1, 0.15) is 0 Å². The van der Waals surface area contributed by atoms with Gasteiger partial charge in [0.2, 0.25) is 5.91 Å². The number of nitrogens with zero attached hydrogens (tertiary/aromatic N) is 1. The number of carbonyl (C=O) groups excluding carboxylic acids is 2. The van der Waals surface area contributed by atoms with Gasteiger partial charge >= 0.3 is 0 Å². The van der Waals surface area contributed by atoms with Crippen LogP contribution in [0.25, 0.3) is 11.3 Å². The van der Waals surface area contributed by atoms with E-state index in [1.165, 1.54) is 16.9 Å². The average Bonchev–Trinajstić information content (AvgIpc) is 3.02. The number of hydrogen-bond donors (Lipinski definition) is 1. The smallest absolute Gasteiger partial charge is 0.229 e. The maximum atomic E-state index is 12.5. The van der Waals surface area contributed by atoms with Gasteiger partial charge in [0.05, 0.1) is 5.69 Å². The first-order valence-electron chi connectivity index (χ1n) is 8.50. The van der Waals surface area contributed by atoms with Crippen LogP contribution in [0.1, 0.15) is 36.8 Å². The number of carboxylic acid groups (broad SMARTS) is 1. The Balaban J connectivity index is 1.74. The quantitative estimate of drug-likeness (QED) is 0.912. The van der Waals surface area contributed by atoms with Crippen molar-refractivity contribution in [1.82, 2.24) is 4.98 Å². The fourth-order valence-corrected chi connectivity index (χ4v) is 4.19. The second-order valence-electron chi connectivity index (χ2n) is 6.66. The molecule has 25 heavy (non-hydrogen) atoms. The molecule has 2 atom stereocenters. The molecule has 0 spiro atoms. The second-order valence-corrected chi connectivity index (χ2v) is 7.52. The molecule has 1 aliphatic carbocycles. The van der Waals surface area contributed by atoms with Crippen LogP contribution in [-0.4, -0.2) is 16.9 Å². The molecule has 0 unspecified atom stereocenters. The zero-order chi connectivity index (χ0) is 18.0. The molecular weight excluding hydrogens is 336 g/mol. The zero-order valence-electron chi connectivity index (χ0n) is 14.4. The third-order valence-corrected chi connectivity index (χ3v) is 5.56. The molecule has 1 saturated carbocycles. The van der Waals surface area contributed by atoms with E-state index in [9.17, 15) is 14.7 Å². The lowest BCUT2D eigenvalue weighted by atomic mass is 9.79. The minimum atomic E-state index is -1.13. The van der Waals surface area contributed by atoms with Gasteiger partial charge in [0, 0.05) is 28.7 Å². The fourth-order valence-electron chi connectivity index (χ4n) is 3.48. The van der Waals surface area contributed by atoms with Crippen LogP contribution in [-0.2, 0) is 9.59 Å². The Kier molecular flexibility index (Phi) is 5.18. The van der Waals surface area contributed by atoms with Gasteiger partial charge in [-0.25, -0.2) is 4.98 Å². The van der Waals surface area contributed by atoms with Gasteiger partial charge in [-0.2, -0.15) is 0 Å².